The Morgan fingerprint density at radius 3 is 2.63 bits per heavy atom. The molecule has 2 heterocycles. The molecule has 2 aromatic carbocycles. The Bertz CT molecular complexity index is 997. The van der Waals surface area contributed by atoms with E-state index in [1.165, 1.54) is 0 Å². The number of fused-ring (bicyclic) bond motifs is 3. The standard InChI is InChI=1S/C24H27N3O3/c1-29-16-6-14-25-24(28)27-17-19-7-3-4-8-21(19)26-15-5-9-22(26)23(27)18-10-12-20(30-2)13-11-18/h3-5,7-13,15,23H,6,14,16-17H2,1-2H3,(H,25,28)/t23-/m1/s1. The van der Waals surface area contributed by atoms with Gasteiger partial charge in [0, 0.05) is 32.2 Å². The van der Waals surface area contributed by atoms with Crippen LogP contribution in [0.15, 0.2) is 66.9 Å². The van der Waals surface area contributed by atoms with Crippen LogP contribution in [-0.4, -0.2) is 42.9 Å². The number of ether oxygens (including phenoxy) is 2. The Morgan fingerprint density at radius 2 is 1.87 bits per heavy atom. The van der Waals surface area contributed by atoms with Gasteiger partial charge in [0.1, 0.15) is 5.75 Å². The lowest BCUT2D eigenvalue weighted by Gasteiger charge is -2.31. The molecule has 0 aliphatic carbocycles. The maximum atomic E-state index is 13.3. The first-order valence-corrected chi connectivity index (χ1v) is 10.2. The van der Waals surface area contributed by atoms with Gasteiger partial charge in [-0.3, -0.25) is 0 Å². The molecule has 1 aliphatic heterocycles. The van der Waals surface area contributed by atoms with E-state index in [1.54, 1.807) is 14.2 Å². The number of amides is 2. The minimum Gasteiger partial charge on any atom is -0.497 e. The molecular formula is C24H27N3O3. The van der Waals surface area contributed by atoms with Gasteiger partial charge in [0.25, 0.3) is 0 Å². The van der Waals surface area contributed by atoms with Crippen LogP contribution in [0.1, 0.15) is 29.3 Å². The lowest BCUT2D eigenvalue weighted by molar-refractivity contribution is 0.174. The van der Waals surface area contributed by atoms with Gasteiger partial charge in [-0.15, -0.1) is 0 Å². The Kier molecular flexibility index (Phi) is 6.05. The average molecular weight is 405 g/mol. The van der Waals surface area contributed by atoms with Gasteiger partial charge < -0.3 is 24.3 Å². The summed E-state index contributed by atoms with van der Waals surface area (Å²) in [7, 11) is 3.32. The molecule has 0 spiro atoms. The molecule has 0 fully saturated rings. The molecule has 1 N–H and O–H groups in total. The first-order chi connectivity index (χ1) is 14.7. The minimum absolute atomic E-state index is 0.0867. The predicted octanol–water partition coefficient (Wildman–Crippen LogP) is 4.14. The fraction of sp³-hybridized carbons (Fsp3) is 0.292. The van der Waals surface area contributed by atoms with Crippen molar-refractivity contribution < 1.29 is 14.3 Å². The van der Waals surface area contributed by atoms with E-state index in [-0.39, 0.29) is 12.1 Å². The smallest absolute Gasteiger partial charge is 0.318 e. The summed E-state index contributed by atoms with van der Waals surface area (Å²) in [4.78, 5) is 15.2. The molecule has 6 nitrogen and oxygen atoms in total. The van der Waals surface area contributed by atoms with E-state index in [9.17, 15) is 4.79 Å². The van der Waals surface area contributed by atoms with Crippen molar-refractivity contribution in [3.8, 4) is 11.4 Å². The Balaban J connectivity index is 1.75. The van der Waals surface area contributed by atoms with Crippen LogP contribution >= 0.6 is 0 Å². The number of aromatic nitrogens is 1. The van der Waals surface area contributed by atoms with Crippen molar-refractivity contribution in [3.63, 3.8) is 0 Å². The SMILES string of the molecule is COCCCNC(=O)N1Cc2ccccc2-n2cccc2[C@H]1c1ccc(OC)cc1. The van der Waals surface area contributed by atoms with Gasteiger partial charge in [0.05, 0.1) is 25.4 Å². The molecule has 156 valence electrons. The highest BCUT2D eigenvalue weighted by atomic mass is 16.5. The molecule has 3 aromatic rings. The van der Waals surface area contributed by atoms with E-state index >= 15 is 0 Å². The molecule has 1 aliphatic rings. The summed E-state index contributed by atoms with van der Waals surface area (Å²) in [5.41, 5.74) is 4.30. The van der Waals surface area contributed by atoms with Crippen molar-refractivity contribution in [3.05, 3.63) is 83.7 Å². The van der Waals surface area contributed by atoms with E-state index in [0.29, 0.717) is 19.7 Å². The van der Waals surface area contributed by atoms with Crippen LogP contribution in [-0.2, 0) is 11.3 Å². The maximum Gasteiger partial charge on any atom is 0.318 e. The largest absolute Gasteiger partial charge is 0.497 e. The van der Waals surface area contributed by atoms with E-state index in [4.69, 9.17) is 9.47 Å². The summed E-state index contributed by atoms with van der Waals surface area (Å²) in [6.07, 6.45) is 2.83. The third kappa shape index (κ3) is 3.91. The Hall–Kier alpha value is -3.25. The maximum absolute atomic E-state index is 13.3. The minimum atomic E-state index is -0.222. The molecule has 0 saturated carbocycles. The van der Waals surface area contributed by atoms with Crippen molar-refractivity contribution in [2.24, 2.45) is 0 Å². The molecule has 0 radical (unpaired) electrons. The van der Waals surface area contributed by atoms with E-state index in [0.717, 1.165) is 34.7 Å². The summed E-state index contributed by atoms with van der Waals surface area (Å²) in [6.45, 7) is 1.71. The van der Waals surface area contributed by atoms with Crippen molar-refractivity contribution in [2.45, 2.75) is 19.0 Å². The molecule has 0 unspecified atom stereocenters. The number of para-hydroxylation sites is 1. The molecule has 1 atom stereocenters. The van der Waals surface area contributed by atoms with Crippen molar-refractivity contribution in [2.75, 3.05) is 27.4 Å². The van der Waals surface area contributed by atoms with Crippen LogP contribution in [0.25, 0.3) is 5.69 Å². The third-order valence-corrected chi connectivity index (χ3v) is 5.46. The molecule has 2 amide bonds. The molecule has 0 saturated heterocycles. The number of hydrogen-bond donors (Lipinski definition) is 1. The number of urea groups is 1. The number of nitrogens with zero attached hydrogens (tertiary/aromatic N) is 2. The molecule has 0 bridgehead atoms. The van der Waals surface area contributed by atoms with E-state index in [2.05, 4.69) is 34.3 Å². The molecule has 6 heteroatoms. The number of methoxy groups -OCH3 is 2. The zero-order valence-corrected chi connectivity index (χ0v) is 17.4. The Morgan fingerprint density at radius 1 is 1.07 bits per heavy atom. The second kappa shape index (κ2) is 9.05. The van der Waals surface area contributed by atoms with Gasteiger partial charge in [0.15, 0.2) is 0 Å². The van der Waals surface area contributed by atoms with Crippen LogP contribution < -0.4 is 10.1 Å². The van der Waals surface area contributed by atoms with Crippen molar-refractivity contribution >= 4 is 6.03 Å². The van der Waals surface area contributed by atoms with Crippen LogP contribution in [0.3, 0.4) is 0 Å². The van der Waals surface area contributed by atoms with Gasteiger partial charge in [-0.2, -0.15) is 0 Å². The van der Waals surface area contributed by atoms with Crippen LogP contribution in [0.4, 0.5) is 4.79 Å². The molecule has 4 rings (SSSR count). The first kappa shape index (κ1) is 20.0. The summed E-state index contributed by atoms with van der Waals surface area (Å²) in [6, 6.07) is 20.0. The van der Waals surface area contributed by atoms with Gasteiger partial charge in [-0.1, -0.05) is 30.3 Å². The highest BCUT2D eigenvalue weighted by molar-refractivity contribution is 5.76. The number of hydrogen-bond acceptors (Lipinski definition) is 3. The number of carbonyl (C=O) groups is 1. The first-order valence-electron chi connectivity index (χ1n) is 10.2. The quantitative estimate of drug-likeness (QED) is 0.627. The molecule has 1 aromatic heterocycles. The number of carbonyl (C=O) groups excluding carboxylic acids is 1. The zero-order chi connectivity index (χ0) is 20.9. The lowest BCUT2D eigenvalue weighted by Crippen LogP contribution is -2.42. The van der Waals surface area contributed by atoms with Gasteiger partial charge in [0.2, 0.25) is 0 Å². The number of rotatable bonds is 6. The van der Waals surface area contributed by atoms with Crippen molar-refractivity contribution in [1.82, 2.24) is 14.8 Å². The van der Waals surface area contributed by atoms with Crippen LogP contribution in [0.5, 0.6) is 5.75 Å². The fourth-order valence-electron chi connectivity index (χ4n) is 3.99. The summed E-state index contributed by atoms with van der Waals surface area (Å²) >= 11 is 0. The third-order valence-electron chi connectivity index (χ3n) is 5.46. The van der Waals surface area contributed by atoms with Crippen LogP contribution in [0, 0.1) is 0 Å². The predicted molar refractivity (Wildman–Crippen MR) is 116 cm³/mol. The average Bonchev–Trinajstić information content (AvgIpc) is 3.21. The lowest BCUT2D eigenvalue weighted by atomic mass is 10.0. The van der Waals surface area contributed by atoms with Crippen molar-refractivity contribution in [1.29, 1.82) is 0 Å². The second-order valence-corrected chi connectivity index (χ2v) is 7.31. The van der Waals surface area contributed by atoms with Gasteiger partial charge in [-0.05, 0) is 47.9 Å². The highest BCUT2D eigenvalue weighted by Crippen LogP contribution is 2.37. The summed E-state index contributed by atoms with van der Waals surface area (Å²) < 4.78 is 12.6. The fourth-order valence-corrected chi connectivity index (χ4v) is 3.99. The normalized spacial score (nSPS) is 15.1. The second-order valence-electron chi connectivity index (χ2n) is 7.31. The van der Waals surface area contributed by atoms with Gasteiger partial charge >= 0.3 is 6.03 Å². The molecule has 30 heavy (non-hydrogen) atoms. The van der Waals surface area contributed by atoms with E-state index < -0.39 is 0 Å². The monoisotopic (exact) mass is 405 g/mol. The molecular weight excluding hydrogens is 378 g/mol. The summed E-state index contributed by atoms with van der Waals surface area (Å²) in [5.74, 6) is 0.793. The van der Waals surface area contributed by atoms with Gasteiger partial charge in [-0.25, -0.2) is 4.79 Å². The number of benzene rings is 2. The van der Waals surface area contributed by atoms with E-state index in [1.807, 2.05) is 47.4 Å². The number of nitrogens with one attached hydrogen (secondary N) is 1. The Labute approximate surface area is 177 Å². The topological polar surface area (TPSA) is 55.7 Å². The summed E-state index contributed by atoms with van der Waals surface area (Å²) in [5, 5.41) is 3.06. The van der Waals surface area contributed by atoms with Crippen LogP contribution in [0.2, 0.25) is 0 Å². The zero-order valence-electron chi connectivity index (χ0n) is 17.4. The highest BCUT2D eigenvalue weighted by Gasteiger charge is 2.32.